The van der Waals surface area contributed by atoms with Gasteiger partial charge in [-0.3, -0.25) is 9.89 Å². The Morgan fingerprint density at radius 2 is 2.24 bits per heavy atom. The van der Waals surface area contributed by atoms with E-state index in [-0.39, 0.29) is 5.91 Å². The number of nitrogens with one attached hydrogen (secondary N) is 2. The molecule has 5 nitrogen and oxygen atoms in total. The monoisotopic (exact) mass is 230 g/mol. The van der Waals surface area contributed by atoms with Gasteiger partial charge in [0.1, 0.15) is 0 Å². The summed E-state index contributed by atoms with van der Waals surface area (Å²) in [5.74, 6) is -0.142. The molecule has 1 aromatic heterocycles. The molecule has 0 atom stereocenters. The Morgan fingerprint density at radius 1 is 1.41 bits per heavy atom. The lowest BCUT2D eigenvalue weighted by Crippen LogP contribution is -2.22. The number of hydrogen-bond acceptors (Lipinski definition) is 3. The predicted molar refractivity (Wildman–Crippen MR) is 64.1 cm³/mol. The van der Waals surface area contributed by atoms with Crippen molar-refractivity contribution in [2.75, 3.05) is 0 Å². The number of rotatable bonds is 4. The van der Waals surface area contributed by atoms with E-state index in [4.69, 9.17) is 5.73 Å². The number of nitrogens with zero attached hydrogens (tertiary/aromatic N) is 1. The van der Waals surface area contributed by atoms with Gasteiger partial charge in [0.05, 0.1) is 11.8 Å². The molecule has 0 aliphatic heterocycles. The summed E-state index contributed by atoms with van der Waals surface area (Å²) in [7, 11) is 0. The Hall–Kier alpha value is -2.14. The summed E-state index contributed by atoms with van der Waals surface area (Å²) >= 11 is 0. The van der Waals surface area contributed by atoms with Crippen LogP contribution in [0.2, 0.25) is 0 Å². The van der Waals surface area contributed by atoms with Gasteiger partial charge in [-0.05, 0) is 11.1 Å². The van der Waals surface area contributed by atoms with E-state index in [1.54, 1.807) is 6.20 Å². The maximum Gasteiger partial charge on any atom is 0.254 e. The fourth-order valence-electron chi connectivity index (χ4n) is 1.53. The van der Waals surface area contributed by atoms with Crippen molar-refractivity contribution in [2.45, 2.75) is 13.1 Å². The first kappa shape index (κ1) is 11.3. The Labute approximate surface area is 99.0 Å². The summed E-state index contributed by atoms with van der Waals surface area (Å²) < 4.78 is 0. The van der Waals surface area contributed by atoms with Crippen LogP contribution in [-0.2, 0) is 13.1 Å². The summed E-state index contributed by atoms with van der Waals surface area (Å²) in [6, 6.07) is 7.83. The molecule has 0 saturated heterocycles. The fraction of sp³-hybridized carbons (Fsp3) is 0.167. The minimum absolute atomic E-state index is 0.142. The van der Waals surface area contributed by atoms with Crippen LogP contribution in [0.25, 0.3) is 0 Å². The van der Waals surface area contributed by atoms with Gasteiger partial charge < -0.3 is 11.1 Å². The lowest BCUT2D eigenvalue weighted by molar-refractivity contribution is 0.0951. The third-order valence-corrected chi connectivity index (χ3v) is 2.44. The third-order valence-electron chi connectivity index (χ3n) is 2.44. The minimum atomic E-state index is -0.142. The molecule has 0 bridgehead atoms. The molecule has 0 aliphatic rings. The van der Waals surface area contributed by atoms with Crippen molar-refractivity contribution in [3.05, 3.63) is 53.3 Å². The molecule has 0 fully saturated rings. The summed E-state index contributed by atoms with van der Waals surface area (Å²) in [5, 5.41) is 9.14. The van der Waals surface area contributed by atoms with Crippen LogP contribution in [-0.4, -0.2) is 16.1 Å². The van der Waals surface area contributed by atoms with E-state index in [1.807, 2.05) is 24.3 Å². The molecule has 5 heteroatoms. The highest BCUT2D eigenvalue weighted by Crippen LogP contribution is 2.04. The Morgan fingerprint density at radius 3 is 2.94 bits per heavy atom. The maximum atomic E-state index is 11.6. The average molecular weight is 230 g/mol. The van der Waals surface area contributed by atoms with Gasteiger partial charge in [-0.25, -0.2) is 0 Å². The van der Waals surface area contributed by atoms with E-state index >= 15 is 0 Å². The van der Waals surface area contributed by atoms with Gasteiger partial charge >= 0.3 is 0 Å². The van der Waals surface area contributed by atoms with E-state index in [0.29, 0.717) is 18.7 Å². The van der Waals surface area contributed by atoms with E-state index in [0.717, 1.165) is 11.1 Å². The number of benzene rings is 1. The molecule has 0 aliphatic carbocycles. The molecule has 0 saturated carbocycles. The van der Waals surface area contributed by atoms with Crippen molar-refractivity contribution in [1.29, 1.82) is 0 Å². The van der Waals surface area contributed by atoms with E-state index in [9.17, 15) is 4.79 Å². The van der Waals surface area contributed by atoms with Gasteiger partial charge in [-0.1, -0.05) is 24.3 Å². The average Bonchev–Trinajstić information content (AvgIpc) is 2.90. The molecule has 2 rings (SSSR count). The van der Waals surface area contributed by atoms with Crippen molar-refractivity contribution >= 4 is 5.91 Å². The smallest absolute Gasteiger partial charge is 0.254 e. The van der Waals surface area contributed by atoms with Crippen LogP contribution in [0.15, 0.2) is 36.7 Å². The van der Waals surface area contributed by atoms with Gasteiger partial charge in [0.2, 0.25) is 0 Å². The first-order valence-electron chi connectivity index (χ1n) is 5.34. The standard InChI is InChI=1S/C12H14N4O/c13-5-9-2-1-3-10(4-9)6-14-12(17)11-7-15-16-8-11/h1-4,7-8H,5-6,13H2,(H,14,17)(H,15,16). The van der Waals surface area contributed by atoms with Gasteiger partial charge in [-0.15, -0.1) is 0 Å². The highest BCUT2D eigenvalue weighted by Gasteiger charge is 2.05. The Balaban J connectivity index is 1.95. The van der Waals surface area contributed by atoms with Crippen molar-refractivity contribution < 1.29 is 4.79 Å². The second-order valence-electron chi connectivity index (χ2n) is 3.69. The molecule has 1 aromatic carbocycles. The highest BCUT2D eigenvalue weighted by molar-refractivity contribution is 5.93. The Bertz CT molecular complexity index is 493. The fourth-order valence-corrected chi connectivity index (χ4v) is 1.53. The van der Waals surface area contributed by atoms with Crippen LogP contribution >= 0.6 is 0 Å². The van der Waals surface area contributed by atoms with Crippen molar-refractivity contribution in [1.82, 2.24) is 15.5 Å². The van der Waals surface area contributed by atoms with Gasteiger partial charge in [-0.2, -0.15) is 5.10 Å². The van der Waals surface area contributed by atoms with Gasteiger partial charge in [0, 0.05) is 19.3 Å². The molecule has 88 valence electrons. The topological polar surface area (TPSA) is 83.8 Å². The first-order chi connectivity index (χ1) is 8.29. The molecular formula is C12H14N4O. The lowest BCUT2D eigenvalue weighted by atomic mass is 10.1. The van der Waals surface area contributed by atoms with Crippen LogP contribution < -0.4 is 11.1 Å². The largest absolute Gasteiger partial charge is 0.348 e. The third kappa shape index (κ3) is 2.92. The second-order valence-corrected chi connectivity index (χ2v) is 3.69. The number of hydrogen-bond donors (Lipinski definition) is 3. The van der Waals surface area contributed by atoms with Crippen molar-refractivity contribution in [2.24, 2.45) is 5.73 Å². The molecule has 4 N–H and O–H groups in total. The maximum absolute atomic E-state index is 11.6. The number of carbonyl (C=O) groups excluding carboxylic acids is 1. The van der Waals surface area contributed by atoms with Crippen LogP contribution in [0.3, 0.4) is 0 Å². The molecule has 1 amide bonds. The van der Waals surface area contributed by atoms with Crippen molar-refractivity contribution in [3.8, 4) is 0 Å². The normalized spacial score (nSPS) is 10.2. The van der Waals surface area contributed by atoms with Crippen LogP contribution in [0.4, 0.5) is 0 Å². The zero-order valence-corrected chi connectivity index (χ0v) is 9.31. The number of aromatic amines is 1. The molecule has 17 heavy (non-hydrogen) atoms. The predicted octanol–water partition coefficient (Wildman–Crippen LogP) is 0.798. The summed E-state index contributed by atoms with van der Waals surface area (Å²) in [6.07, 6.45) is 3.05. The molecule has 0 unspecified atom stereocenters. The SMILES string of the molecule is NCc1cccc(CNC(=O)c2cn[nH]c2)c1. The van der Waals surface area contributed by atoms with Crippen LogP contribution in [0, 0.1) is 0 Å². The molecular weight excluding hydrogens is 216 g/mol. The summed E-state index contributed by atoms with van der Waals surface area (Å²) in [4.78, 5) is 11.6. The number of aromatic nitrogens is 2. The summed E-state index contributed by atoms with van der Waals surface area (Å²) in [5.41, 5.74) is 8.17. The number of H-pyrrole nitrogens is 1. The van der Waals surface area contributed by atoms with Crippen LogP contribution in [0.5, 0.6) is 0 Å². The molecule has 2 aromatic rings. The van der Waals surface area contributed by atoms with E-state index in [2.05, 4.69) is 15.5 Å². The number of amides is 1. The molecule has 0 radical (unpaired) electrons. The minimum Gasteiger partial charge on any atom is -0.348 e. The highest BCUT2D eigenvalue weighted by atomic mass is 16.1. The van der Waals surface area contributed by atoms with E-state index in [1.165, 1.54) is 6.20 Å². The zero-order valence-electron chi connectivity index (χ0n) is 9.31. The quantitative estimate of drug-likeness (QED) is 0.726. The Kier molecular flexibility index (Phi) is 3.52. The molecule has 1 heterocycles. The zero-order chi connectivity index (χ0) is 12.1. The van der Waals surface area contributed by atoms with Crippen molar-refractivity contribution in [3.63, 3.8) is 0 Å². The summed E-state index contributed by atoms with van der Waals surface area (Å²) in [6.45, 7) is 0.987. The number of carbonyl (C=O) groups is 1. The van der Waals surface area contributed by atoms with Crippen LogP contribution in [0.1, 0.15) is 21.5 Å². The van der Waals surface area contributed by atoms with Gasteiger partial charge in [0.25, 0.3) is 5.91 Å². The van der Waals surface area contributed by atoms with Gasteiger partial charge in [0.15, 0.2) is 0 Å². The molecule has 0 spiro atoms. The first-order valence-corrected chi connectivity index (χ1v) is 5.34. The second kappa shape index (κ2) is 5.27. The van der Waals surface area contributed by atoms with E-state index < -0.39 is 0 Å². The number of nitrogens with two attached hydrogens (primary N) is 1. The lowest BCUT2D eigenvalue weighted by Gasteiger charge is -2.05.